The van der Waals surface area contributed by atoms with Crippen LogP contribution in [0.25, 0.3) is 11.1 Å². The first-order chi connectivity index (χ1) is 18.8. The molecule has 2 aromatic carbocycles. The normalized spacial score (nSPS) is 23.4. The molecule has 0 aromatic heterocycles. The monoisotopic (exact) mass is 560 g/mol. The van der Waals surface area contributed by atoms with Crippen molar-refractivity contribution in [1.29, 1.82) is 0 Å². The highest BCUT2D eigenvalue weighted by atomic mass is 35.5. The number of hydrogen-bond acceptors (Lipinski definition) is 5. The Balaban J connectivity index is 1.67. The molecule has 1 amide bonds. The number of methoxy groups -OCH3 is 1. The van der Waals surface area contributed by atoms with E-state index in [1.54, 1.807) is 37.4 Å². The third kappa shape index (κ3) is 6.83. The number of hydrogen-bond donors (Lipinski definition) is 2. The SMILES string of the molecule is COCCCC[C@](O)(c1cccc(Cl)c1-c1cc(C)ccc1F)[C@H]1CN(C(=O)C2CCC(CN)CC2)CCO1. The summed E-state index contributed by atoms with van der Waals surface area (Å²) in [7, 11) is 1.65. The lowest BCUT2D eigenvalue weighted by molar-refractivity contribution is -0.168. The van der Waals surface area contributed by atoms with Crippen molar-refractivity contribution in [3.63, 3.8) is 0 Å². The molecule has 0 spiro atoms. The molecular formula is C31H42ClFN2O4. The maximum atomic E-state index is 15.2. The van der Waals surface area contributed by atoms with E-state index in [2.05, 4.69) is 0 Å². The van der Waals surface area contributed by atoms with Crippen LogP contribution in [0, 0.1) is 24.6 Å². The van der Waals surface area contributed by atoms with Crippen LogP contribution in [-0.2, 0) is 19.9 Å². The van der Waals surface area contributed by atoms with E-state index >= 15 is 4.39 Å². The van der Waals surface area contributed by atoms with Crippen LogP contribution in [0.2, 0.25) is 5.02 Å². The number of nitrogens with two attached hydrogens (primary N) is 1. The third-order valence-electron chi connectivity index (χ3n) is 8.47. The van der Waals surface area contributed by atoms with Crippen molar-refractivity contribution in [1.82, 2.24) is 4.90 Å². The van der Waals surface area contributed by atoms with Gasteiger partial charge in [0.05, 0.1) is 13.2 Å². The van der Waals surface area contributed by atoms with E-state index in [1.807, 2.05) is 11.8 Å². The zero-order chi connectivity index (χ0) is 28.0. The summed E-state index contributed by atoms with van der Waals surface area (Å²) in [6.07, 6.45) is 4.69. The first kappa shape index (κ1) is 29.9. The average molecular weight is 561 g/mol. The highest BCUT2D eigenvalue weighted by molar-refractivity contribution is 6.33. The average Bonchev–Trinajstić information content (AvgIpc) is 2.96. The molecule has 1 saturated heterocycles. The molecule has 2 atom stereocenters. The number of carbonyl (C=O) groups is 1. The second-order valence-corrected chi connectivity index (χ2v) is 11.5. The van der Waals surface area contributed by atoms with Crippen molar-refractivity contribution >= 4 is 17.5 Å². The highest BCUT2D eigenvalue weighted by Crippen LogP contribution is 2.44. The van der Waals surface area contributed by atoms with Gasteiger partial charge in [0.2, 0.25) is 5.91 Å². The molecule has 1 aliphatic carbocycles. The van der Waals surface area contributed by atoms with Crippen LogP contribution in [0.1, 0.15) is 56.1 Å². The van der Waals surface area contributed by atoms with E-state index < -0.39 is 17.5 Å². The Morgan fingerprint density at radius 3 is 2.72 bits per heavy atom. The molecule has 6 nitrogen and oxygen atoms in total. The van der Waals surface area contributed by atoms with Gasteiger partial charge in [0.25, 0.3) is 0 Å². The number of aliphatic hydroxyl groups is 1. The molecule has 0 bridgehead atoms. The summed E-state index contributed by atoms with van der Waals surface area (Å²) in [5.41, 5.74) is 6.55. The van der Waals surface area contributed by atoms with Crippen LogP contribution < -0.4 is 5.73 Å². The minimum Gasteiger partial charge on any atom is -0.385 e. The van der Waals surface area contributed by atoms with E-state index in [0.29, 0.717) is 66.8 Å². The molecule has 0 radical (unpaired) electrons. The van der Waals surface area contributed by atoms with E-state index in [-0.39, 0.29) is 18.4 Å². The number of carbonyl (C=O) groups excluding carboxylic acids is 1. The van der Waals surface area contributed by atoms with Crippen molar-refractivity contribution in [3.05, 3.63) is 58.4 Å². The van der Waals surface area contributed by atoms with Crippen molar-refractivity contribution in [3.8, 4) is 11.1 Å². The standard InChI is InChI=1S/C31H42ClFN2O4/c1-21-8-13-27(33)24(18-21)29-25(6-5-7-26(29)32)31(37,14-3-4-16-38-2)28-20-35(15-17-39-28)30(36)23-11-9-22(19-34)10-12-23/h5-8,13,18,22-23,28,37H,3-4,9-12,14-17,19-20,34H2,1-2H3/t22?,23?,28-,31+/m1/s1. The molecule has 1 saturated carbocycles. The van der Waals surface area contributed by atoms with Crippen molar-refractivity contribution in [2.75, 3.05) is 40.0 Å². The van der Waals surface area contributed by atoms with Gasteiger partial charge >= 0.3 is 0 Å². The molecule has 39 heavy (non-hydrogen) atoms. The van der Waals surface area contributed by atoms with Gasteiger partial charge in [-0.15, -0.1) is 0 Å². The number of halogens is 2. The lowest BCUT2D eigenvalue weighted by Gasteiger charge is -2.44. The summed E-state index contributed by atoms with van der Waals surface area (Å²) in [5, 5.41) is 12.9. The molecule has 8 heteroatoms. The maximum absolute atomic E-state index is 15.2. The Kier molecular flexibility index (Phi) is 10.4. The highest BCUT2D eigenvalue weighted by Gasteiger charge is 2.45. The minimum absolute atomic E-state index is 0.0236. The predicted molar refractivity (Wildman–Crippen MR) is 152 cm³/mol. The number of benzene rings is 2. The van der Waals surface area contributed by atoms with Crippen LogP contribution in [0.5, 0.6) is 0 Å². The molecular weight excluding hydrogens is 519 g/mol. The molecule has 3 N–H and O–H groups in total. The van der Waals surface area contributed by atoms with Crippen LogP contribution in [-0.4, -0.2) is 62.0 Å². The molecule has 214 valence electrons. The number of aryl methyl sites for hydroxylation is 1. The number of ether oxygens (including phenoxy) is 2. The van der Waals surface area contributed by atoms with Crippen LogP contribution in [0.3, 0.4) is 0 Å². The van der Waals surface area contributed by atoms with Gasteiger partial charge in [0.1, 0.15) is 17.5 Å². The fourth-order valence-corrected chi connectivity index (χ4v) is 6.42. The fraction of sp³-hybridized carbons (Fsp3) is 0.581. The molecule has 1 aliphatic heterocycles. The lowest BCUT2D eigenvalue weighted by Crippen LogP contribution is -2.55. The molecule has 2 fully saturated rings. The van der Waals surface area contributed by atoms with Crippen molar-refractivity contribution in [2.24, 2.45) is 17.6 Å². The second-order valence-electron chi connectivity index (χ2n) is 11.1. The lowest BCUT2D eigenvalue weighted by atomic mass is 9.78. The fourth-order valence-electron chi connectivity index (χ4n) is 6.14. The first-order valence-corrected chi connectivity index (χ1v) is 14.5. The quantitative estimate of drug-likeness (QED) is 0.377. The van der Waals surface area contributed by atoms with Crippen LogP contribution in [0.4, 0.5) is 4.39 Å². The first-order valence-electron chi connectivity index (χ1n) is 14.2. The van der Waals surface area contributed by atoms with Crippen molar-refractivity contribution < 1.29 is 23.8 Å². The summed E-state index contributed by atoms with van der Waals surface area (Å²) in [5.74, 6) is 0.180. The summed E-state index contributed by atoms with van der Waals surface area (Å²) < 4.78 is 26.6. The zero-order valence-corrected chi connectivity index (χ0v) is 23.9. The maximum Gasteiger partial charge on any atom is 0.225 e. The van der Waals surface area contributed by atoms with Crippen LogP contribution >= 0.6 is 11.6 Å². The summed E-state index contributed by atoms with van der Waals surface area (Å²) >= 11 is 6.71. The summed E-state index contributed by atoms with van der Waals surface area (Å²) in [4.78, 5) is 15.4. The smallest absolute Gasteiger partial charge is 0.225 e. The number of rotatable bonds is 10. The topological polar surface area (TPSA) is 85.0 Å². The van der Waals surface area contributed by atoms with E-state index in [4.69, 9.17) is 26.8 Å². The molecule has 2 aromatic rings. The summed E-state index contributed by atoms with van der Waals surface area (Å²) in [6.45, 7) is 4.20. The largest absolute Gasteiger partial charge is 0.385 e. The van der Waals surface area contributed by atoms with Gasteiger partial charge in [-0.3, -0.25) is 4.79 Å². The number of nitrogens with zero attached hydrogens (tertiary/aromatic N) is 1. The molecule has 4 rings (SSSR count). The second kappa shape index (κ2) is 13.6. The van der Waals surface area contributed by atoms with E-state index in [9.17, 15) is 9.90 Å². The van der Waals surface area contributed by atoms with Gasteiger partial charge in [0, 0.05) is 42.3 Å². The van der Waals surface area contributed by atoms with Gasteiger partial charge in [-0.1, -0.05) is 35.4 Å². The Labute approximate surface area is 236 Å². The molecule has 1 heterocycles. The van der Waals surface area contributed by atoms with E-state index in [0.717, 1.165) is 37.7 Å². The van der Waals surface area contributed by atoms with E-state index in [1.165, 1.54) is 6.07 Å². The number of amides is 1. The van der Waals surface area contributed by atoms with Crippen LogP contribution in [0.15, 0.2) is 36.4 Å². The molecule has 2 aliphatic rings. The Hall–Kier alpha value is -2.03. The number of morpholine rings is 1. The van der Waals surface area contributed by atoms with Gasteiger partial charge in [-0.05, 0) is 88.1 Å². The molecule has 0 unspecified atom stereocenters. The van der Waals surface area contributed by atoms with Gasteiger partial charge < -0.3 is 25.2 Å². The minimum atomic E-state index is -1.50. The predicted octanol–water partition coefficient (Wildman–Crippen LogP) is 5.45. The Morgan fingerprint density at radius 1 is 1.23 bits per heavy atom. The summed E-state index contributed by atoms with van der Waals surface area (Å²) in [6, 6.07) is 10.2. The van der Waals surface area contributed by atoms with Gasteiger partial charge in [-0.2, -0.15) is 0 Å². The zero-order valence-electron chi connectivity index (χ0n) is 23.1. The number of unbranched alkanes of at least 4 members (excludes halogenated alkanes) is 1. The van der Waals surface area contributed by atoms with Gasteiger partial charge in [-0.25, -0.2) is 4.39 Å². The van der Waals surface area contributed by atoms with Gasteiger partial charge in [0.15, 0.2) is 0 Å². The third-order valence-corrected chi connectivity index (χ3v) is 8.78. The van der Waals surface area contributed by atoms with Crippen molar-refractivity contribution in [2.45, 2.75) is 63.6 Å². The Morgan fingerprint density at radius 2 is 2.00 bits per heavy atom. The Bertz CT molecular complexity index is 1120.